The molecule has 1 aliphatic carbocycles. The first-order valence-electron chi connectivity index (χ1n) is 5.93. The van der Waals surface area contributed by atoms with Gasteiger partial charge in [-0.15, -0.1) is 0 Å². The Morgan fingerprint density at radius 3 is 2.73 bits per heavy atom. The summed E-state index contributed by atoms with van der Waals surface area (Å²) >= 11 is 0. The zero-order valence-corrected chi connectivity index (χ0v) is 9.41. The fourth-order valence-corrected chi connectivity index (χ4v) is 2.64. The Morgan fingerprint density at radius 1 is 1.40 bits per heavy atom. The van der Waals surface area contributed by atoms with Gasteiger partial charge >= 0.3 is 0 Å². The summed E-state index contributed by atoms with van der Waals surface area (Å²) in [6.45, 7) is 1.90. The van der Waals surface area contributed by atoms with Gasteiger partial charge in [-0.3, -0.25) is 0 Å². The highest BCUT2D eigenvalue weighted by Gasteiger charge is 2.28. The highest BCUT2D eigenvalue weighted by Crippen LogP contribution is 2.35. The Balaban J connectivity index is 1.97. The summed E-state index contributed by atoms with van der Waals surface area (Å²) in [5.74, 6) is 0.684. The van der Waals surface area contributed by atoms with Crippen LogP contribution in [0.25, 0.3) is 0 Å². The second-order valence-corrected chi connectivity index (χ2v) is 4.99. The molecule has 1 atom stereocenters. The van der Waals surface area contributed by atoms with Crippen LogP contribution < -0.4 is 0 Å². The zero-order chi connectivity index (χ0) is 10.7. The van der Waals surface area contributed by atoms with E-state index < -0.39 is 5.60 Å². The van der Waals surface area contributed by atoms with Crippen LogP contribution in [-0.2, 0) is 5.60 Å². The fraction of sp³-hybridized carbons (Fsp3) is 0.692. The Kier molecular flexibility index (Phi) is 3.15. The number of hydrogen-bond donors (Lipinski definition) is 1. The van der Waals surface area contributed by atoms with E-state index in [0.717, 1.165) is 12.0 Å². The van der Waals surface area contributed by atoms with Crippen LogP contribution in [0.4, 0.5) is 0 Å². The third-order valence-corrected chi connectivity index (χ3v) is 3.55. The molecule has 1 saturated carbocycles. The molecule has 1 aliphatic rings. The molecule has 0 amide bonds. The van der Waals surface area contributed by atoms with Crippen LogP contribution in [0.3, 0.4) is 0 Å². The van der Waals surface area contributed by atoms with Crippen LogP contribution in [0.2, 0.25) is 0 Å². The van der Waals surface area contributed by atoms with Crippen LogP contribution in [0.15, 0.2) is 23.0 Å². The highest BCUT2D eigenvalue weighted by molar-refractivity contribution is 5.14. The molecule has 1 aromatic rings. The summed E-state index contributed by atoms with van der Waals surface area (Å²) < 4.78 is 5.03. The van der Waals surface area contributed by atoms with Crippen LogP contribution in [0, 0.1) is 5.92 Å². The van der Waals surface area contributed by atoms with Gasteiger partial charge in [0, 0.05) is 5.56 Å². The minimum Gasteiger partial charge on any atom is -0.472 e. The molecule has 1 aromatic heterocycles. The molecule has 2 nitrogen and oxygen atoms in total. The van der Waals surface area contributed by atoms with Crippen LogP contribution in [0.1, 0.15) is 51.0 Å². The van der Waals surface area contributed by atoms with Crippen molar-refractivity contribution in [2.24, 2.45) is 5.92 Å². The first-order valence-corrected chi connectivity index (χ1v) is 5.93. The summed E-state index contributed by atoms with van der Waals surface area (Å²) in [5, 5.41) is 10.4. The van der Waals surface area contributed by atoms with Crippen LogP contribution in [0.5, 0.6) is 0 Å². The van der Waals surface area contributed by atoms with Gasteiger partial charge in [0.25, 0.3) is 0 Å². The highest BCUT2D eigenvalue weighted by atomic mass is 16.3. The summed E-state index contributed by atoms with van der Waals surface area (Å²) in [6, 6.07) is 1.86. The average Bonchev–Trinajstić information content (AvgIpc) is 2.71. The second-order valence-electron chi connectivity index (χ2n) is 4.99. The first-order chi connectivity index (χ1) is 7.18. The summed E-state index contributed by atoms with van der Waals surface area (Å²) in [7, 11) is 0. The van der Waals surface area contributed by atoms with Crippen molar-refractivity contribution in [3.63, 3.8) is 0 Å². The third kappa shape index (κ3) is 2.63. The molecular weight excluding hydrogens is 188 g/mol. The Hall–Kier alpha value is -0.760. The molecule has 0 radical (unpaired) electrons. The quantitative estimate of drug-likeness (QED) is 0.825. The third-order valence-electron chi connectivity index (χ3n) is 3.55. The van der Waals surface area contributed by atoms with E-state index in [1.54, 1.807) is 12.5 Å². The maximum absolute atomic E-state index is 10.4. The van der Waals surface area contributed by atoms with Gasteiger partial charge in [0.05, 0.1) is 18.1 Å². The van der Waals surface area contributed by atoms with E-state index in [4.69, 9.17) is 4.42 Å². The summed E-state index contributed by atoms with van der Waals surface area (Å²) in [5.41, 5.74) is 0.197. The van der Waals surface area contributed by atoms with E-state index in [1.807, 2.05) is 13.0 Å². The van der Waals surface area contributed by atoms with Crippen molar-refractivity contribution in [1.29, 1.82) is 0 Å². The first kappa shape index (κ1) is 10.7. The standard InChI is InChI=1S/C13H20O2/c1-13(14,12-7-8-15-10-12)9-11-5-3-2-4-6-11/h7-8,10-11,14H,2-6,9H2,1H3. The molecule has 1 fully saturated rings. The average molecular weight is 208 g/mol. The van der Waals surface area contributed by atoms with Gasteiger partial charge in [0.15, 0.2) is 0 Å². The van der Waals surface area contributed by atoms with Crippen molar-refractivity contribution in [2.45, 2.75) is 51.0 Å². The predicted octanol–water partition coefficient (Wildman–Crippen LogP) is 3.46. The smallest absolute Gasteiger partial charge is 0.0963 e. The molecule has 0 aromatic carbocycles. The van der Waals surface area contributed by atoms with Gasteiger partial charge in [0.2, 0.25) is 0 Å². The molecule has 0 aliphatic heterocycles. The van der Waals surface area contributed by atoms with Crippen molar-refractivity contribution in [3.8, 4) is 0 Å². The van der Waals surface area contributed by atoms with Crippen LogP contribution >= 0.6 is 0 Å². The number of aliphatic hydroxyl groups is 1. The predicted molar refractivity (Wildman–Crippen MR) is 59.5 cm³/mol. The molecular formula is C13H20O2. The largest absolute Gasteiger partial charge is 0.472 e. The topological polar surface area (TPSA) is 33.4 Å². The van der Waals surface area contributed by atoms with Gasteiger partial charge in [-0.25, -0.2) is 0 Å². The second kappa shape index (κ2) is 4.40. The molecule has 2 rings (SSSR count). The maximum Gasteiger partial charge on any atom is 0.0963 e. The fourth-order valence-electron chi connectivity index (χ4n) is 2.64. The van der Waals surface area contributed by atoms with Crippen molar-refractivity contribution < 1.29 is 9.52 Å². The summed E-state index contributed by atoms with van der Waals surface area (Å²) in [4.78, 5) is 0. The molecule has 0 saturated heterocycles. The Bertz CT molecular complexity index is 281. The number of hydrogen-bond acceptors (Lipinski definition) is 2. The van der Waals surface area contributed by atoms with E-state index in [2.05, 4.69) is 0 Å². The van der Waals surface area contributed by atoms with Crippen molar-refractivity contribution in [3.05, 3.63) is 24.2 Å². The monoisotopic (exact) mass is 208 g/mol. The van der Waals surface area contributed by atoms with E-state index in [-0.39, 0.29) is 0 Å². The van der Waals surface area contributed by atoms with Gasteiger partial charge in [-0.05, 0) is 25.3 Å². The lowest BCUT2D eigenvalue weighted by Crippen LogP contribution is -2.25. The van der Waals surface area contributed by atoms with Crippen molar-refractivity contribution in [1.82, 2.24) is 0 Å². The lowest BCUT2D eigenvalue weighted by atomic mass is 9.79. The molecule has 1 heterocycles. The lowest BCUT2D eigenvalue weighted by Gasteiger charge is -2.30. The normalized spacial score (nSPS) is 22.5. The van der Waals surface area contributed by atoms with Gasteiger partial charge in [0.1, 0.15) is 0 Å². The minimum atomic E-state index is -0.713. The molecule has 2 heteroatoms. The molecule has 1 N–H and O–H groups in total. The summed E-state index contributed by atoms with van der Waals surface area (Å²) in [6.07, 6.45) is 10.7. The minimum absolute atomic E-state index is 0.684. The Labute approximate surface area is 91.3 Å². The number of furan rings is 1. The zero-order valence-electron chi connectivity index (χ0n) is 9.41. The lowest BCUT2D eigenvalue weighted by molar-refractivity contribution is 0.0233. The van der Waals surface area contributed by atoms with E-state index in [9.17, 15) is 5.11 Å². The van der Waals surface area contributed by atoms with E-state index in [1.165, 1.54) is 32.1 Å². The van der Waals surface area contributed by atoms with Gasteiger partial charge < -0.3 is 9.52 Å². The van der Waals surface area contributed by atoms with Gasteiger partial charge in [-0.2, -0.15) is 0 Å². The molecule has 0 spiro atoms. The molecule has 1 unspecified atom stereocenters. The van der Waals surface area contributed by atoms with E-state index >= 15 is 0 Å². The van der Waals surface area contributed by atoms with Gasteiger partial charge in [-0.1, -0.05) is 32.1 Å². The SMILES string of the molecule is CC(O)(CC1CCCCC1)c1ccoc1. The maximum atomic E-state index is 10.4. The Morgan fingerprint density at radius 2 is 2.13 bits per heavy atom. The van der Waals surface area contributed by atoms with Crippen molar-refractivity contribution in [2.75, 3.05) is 0 Å². The van der Waals surface area contributed by atoms with Crippen LogP contribution in [-0.4, -0.2) is 5.11 Å². The molecule has 84 valence electrons. The molecule has 15 heavy (non-hydrogen) atoms. The number of rotatable bonds is 3. The molecule has 0 bridgehead atoms. The van der Waals surface area contributed by atoms with E-state index in [0.29, 0.717) is 5.92 Å². The van der Waals surface area contributed by atoms with Crippen molar-refractivity contribution >= 4 is 0 Å².